The van der Waals surface area contributed by atoms with Gasteiger partial charge in [0.1, 0.15) is 24.1 Å². The highest BCUT2D eigenvalue weighted by Gasteiger charge is 2.32. The van der Waals surface area contributed by atoms with Gasteiger partial charge in [0, 0.05) is 16.6 Å². The van der Waals surface area contributed by atoms with Crippen molar-refractivity contribution in [3.63, 3.8) is 0 Å². The number of hydrogen-bond donors (Lipinski definition) is 1. The fourth-order valence-electron chi connectivity index (χ4n) is 3.00. The SMILES string of the molecule is COC(=O)C1=C(C(=O)OC)N(c2ccc(SCC(=O)Nc3cc(F)ccc3F)cc2)COC1. The van der Waals surface area contributed by atoms with Crippen LogP contribution in [0.25, 0.3) is 0 Å². The molecule has 174 valence electrons. The normalized spacial score (nSPS) is 13.5. The van der Waals surface area contributed by atoms with Crippen LogP contribution in [-0.2, 0) is 28.6 Å². The van der Waals surface area contributed by atoms with Gasteiger partial charge < -0.3 is 24.4 Å². The summed E-state index contributed by atoms with van der Waals surface area (Å²) < 4.78 is 41.9. The zero-order valence-corrected chi connectivity index (χ0v) is 18.5. The second kappa shape index (κ2) is 10.9. The number of carbonyl (C=O) groups is 3. The van der Waals surface area contributed by atoms with Gasteiger partial charge in [0.2, 0.25) is 5.91 Å². The molecule has 0 atom stereocenters. The zero-order chi connectivity index (χ0) is 24.0. The lowest BCUT2D eigenvalue weighted by Gasteiger charge is -2.31. The first-order valence-corrected chi connectivity index (χ1v) is 10.6. The lowest BCUT2D eigenvalue weighted by molar-refractivity contribution is -0.140. The number of rotatable bonds is 7. The molecule has 1 amide bonds. The summed E-state index contributed by atoms with van der Waals surface area (Å²) in [5.41, 5.74) is 0.375. The molecule has 0 saturated heterocycles. The van der Waals surface area contributed by atoms with Crippen LogP contribution in [0.3, 0.4) is 0 Å². The van der Waals surface area contributed by atoms with Crippen molar-refractivity contribution in [2.24, 2.45) is 0 Å². The van der Waals surface area contributed by atoms with E-state index in [1.165, 1.54) is 30.9 Å². The molecule has 1 N–H and O–H groups in total. The van der Waals surface area contributed by atoms with E-state index in [1.54, 1.807) is 24.3 Å². The number of nitrogens with zero attached hydrogens (tertiary/aromatic N) is 1. The first-order valence-electron chi connectivity index (χ1n) is 9.57. The van der Waals surface area contributed by atoms with Crippen molar-refractivity contribution in [2.75, 3.05) is 43.5 Å². The molecule has 1 heterocycles. The Morgan fingerprint density at radius 2 is 1.76 bits per heavy atom. The van der Waals surface area contributed by atoms with Crippen molar-refractivity contribution in [2.45, 2.75) is 4.90 Å². The monoisotopic (exact) mass is 478 g/mol. The predicted molar refractivity (Wildman–Crippen MR) is 117 cm³/mol. The third-order valence-electron chi connectivity index (χ3n) is 4.55. The van der Waals surface area contributed by atoms with Crippen molar-refractivity contribution >= 4 is 41.0 Å². The topological polar surface area (TPSA) is 94.2 Å². The molecule has 0 aliphatic carbocycles. The molecule has 3 rings (SSSR count). The number of halogens is 2. The fraction of sp³-hybridized carbons (Fsp3) is 0.227. The average molecular weight is 478 g/mol. The number of methoxy groups -OCH3 is 2. The summed E-state index contributed by atoms with van der Waals surface area (Å²) in [6.07, 6.45) is 0. The van der Waals surface area contributed by atoms with Crippen molar-refractivity contribution in [1.82, 2.24) is 0 Å². The molecular weight excluding hydrogens is 458 g/mol. The van der Waals surface area contributed by atoms with E-state index in [0.29, 0.717) is 10.6 Å². The third kappa shape index (κ3) is 5.88. The van der Waals surface area contributed by atoms with E-state index in [1.807, 2.05) is 0 Å². The van der Waals surface area contributed by atoms with Gasteiger partial charge in [-0.05, 0) is 36.4 Å². The second-order valence-electron chi connectivity index (χ2n) is 6.67. The Morgan fingerprint density at radius 1 is 1.06 bits per heavy atom. The largest absolute Gasteiger partial charge is 0.466 e. The Hall–Kier alpha value is -3.44. The second-order valence-corrected chi connectivity index (χ2v) is 7.72. The number of amides is 1. The predicted octanol–water partition coefficient (Wildman–Crippen LogP) is 3.09. The van der Waals surface area contributed by atoms with Crippen LogP contribution >= 0.6 is 11.8 Å². The van der Waals surface area contributed by atoms with E-state index < -0.39 is 29.5 Å². The highest BCUT2D eigenvalue weighted by atomic mass is 32.2. The molecule has 0 aromatic heterocycles. The van der Waals surface area contributed by atoms with Gasteiger partial charge in [-0.25, -0.2) is 18.4 Å². The van der Waals surface area contributed by atoms with Gasteiger partial charge in [0.25, 0.3) is 0 Å². The number of anilines is 2. The molecule has 2 aromatic carbocycles. The summed E-state index contributed by atoms with van der Waals surface area (Å²) >= 11 is 1.18. The molecule has 0 spiro atoms. The Morgan fingerprint density at radius 3 is 2.42 bits per heavy atom. The van der Waals surface area contributed by atoms with Gasteiger partial charge in [-0.2, -0.15) is 0 Å². The number of benzene rings is 2. The number of thioether (sulfide) groups is 1. The lowest BCUT2D eigenvalue weighted by atomic mass is 10.1. The van der Waals surface area contributed by atoms with Crippen LogP contribution in [-0.4, -0.2) is 51.2 Å². The van der Waals surface area contributed by atoms with E-state index in [4.69, 9.17) is 14.2 Å². The minimum absolute atomic E-state index is 0.0129. The van der Waals surface area contributed by atoms with Crippen LogP contribution in [0.1, 0.15) is 0 Å². The van der Waals surface area contributed by atoms with E-state index in [0.717, 1.165) is 18.2 Å². The Labute approximate surface area is 192 Å². The highest BCUT2D eigenvalue weighted by Crippen LogP contribution is 2.29. The lowest BCUT2D eigenvalue weighted by Crippen LogP contribution is -2.38. The molecule has 1 aliphatic heterocycles. The van der Waals surface area contributed by atoms with Gasteiger partial charge in [-0.15, -0.1) is 11.8 Å². The van der Waals surface area contributed by atoms with Crippen LogP contribution < -0.4 is 10.2 Å². The van der Waals surface area contributed by atoms with Crippen LogP contribution in [0.5, 0.6) is 0 Å². The Kier molecular flexibility index (Phi) is 8.01. The third-order valence-corrected chi connectivity index (χ3v) is 5.57. The number of carbonyl (C=O) groups excluding carboxylic acids is 3. The summed E-state index contributed by atoms with van der Waals surface area (Å²) in [6.45, 7) is -0.0818. The summed E-state index contributed by atoms with van der Waals surface area (Å²) in [5, 5.41) is 2.33. The molecule has 0 bridgehead atoms. The molecule has 8 nitrogen and oxygen atoms in total. The quantitative estimate of drug-likeness (QED) is 0.479. The van der Waals surface area contributed by atoms with Crippen molar-refractivity contribution in [3.05, 3.63) is 65.4 Å². The van der Waals surface area contributed by atoms with Crippen molar-refractivity contribution in [1.29, 1.82) is 0 Å². The van der Waals surface area contributed by atoms with Crippen molar-refractivity contribution in [3.8, 4) is 0 Å². The summed E-state index contributed by atoms with van der Waals surface area (Å²) in [5.74, 6) is -3.35. The smallest absolute Gasteiger partial charge is 0.355 e. The van der Waals surface area contributed by atoms with Crippen LogP contribution in [0.15, 0.2) is 58.6 Å². The van der Waals surface area contributed by atoms with E-state index >= 15 is 0 Å². The first kappa shape index (κ1) is 24.2. The molecule has 11 heteroatoms. The molecular formula is C22H20F2N2O6S. The molecule has 0 radical (unpaired) electrons. The van der Waals surface area contributed by atoms with Crippen LogP contribution in [0, 0.1) is 11.6 Å². The van der Waals surface area contributed by atoms with Gasteiger partial charge in [0.05, 0.1) is 37.8 Å². The number of hydrogen-bond acceptors (Lipinski definition) is 8. The first-order chi connectivity index (χ1) is 15.8. The van der Waals surface area contributed by atoms with Gasteiger partial charge in [-0.1, -0.05) is 0 Å². The van der Waals surface area contributed by atoms with Gasteiger partial charge in [-0.3, -0.25) is 4.79 Å². The fourth-order valence-corrected chi connectivity index (χ4v) is 3.70. The highest BCUT2D eigenvalue weighted by molar-refractivity contribution is 8.00. The van der Waals surface area contributed by atoms with Crippen LogP contribution in [0.4, 0.5) is 20.2 Å². The molecule has 2 aromatic rings. The van der Waals surface area contributed by atoms with E-state index in [2.05, 4.69) is 5.32 Å². The zero-order valence-electron chi connectivity index (χ0n) is 17.7. The molecule has 0 unspecified atom stereocenters. The molecule has 33 heavy (non-hydrogen) atoms. The van der Waals surface area contributed by atoms with E-state index in [9.17, 15) is 23.2 Å². The van der Waals surface area contributed by atoms with Gasteiger partial charge in [0.15, 0.2) is 0 Å². The van der Waals surface area contributed by atoms with E-state index in [-0.39, 0.29) is 36.0 Å². The maximum absolute atomic E-state index is 13.7. The summed E-state index contributed by atoms with van der Waals surface area (Å²) in [6, 6.07) is 9.57. The van der Waals surface area contributed by atoms with Crippen molar-refractivity contribution < 1.29 is 37.4 Å². The maximum Gasteiger partial charge on any atom is 0.355 e. The number of ether oxygens (including phenoxy) is 3. The van der Waals surface area contributed by atoms with Gasteiger partial charge >= 0.3 is 11.9 Å². The summed E-state index contributed by atoms with van der Waals surface area (Å²) in [4.78, 5) is 38.7. The minimum Gasteiger partial charge on any atom is -0.466 e. The summed E-state index contributed by atoms with van der Waals surface area (Å²) in [7, 11) is 2.41. The molecule has 1 aliphatic rings. The Bertz CT molecular complexity index is 1090. The Balaban J connectivity index is 1.70. The molecule has 0 fully saturated rings. The minimum atomic E-state index is -0.733. The van der Waals surface area contributed by atoms with Crippen LogP contribution in [0.2, 0.25) is 0 Å². The number of nitrogens with one attached hydrogen (secondary N) is 1. The molecule has 0 saturated carbocycles. The maximum atomic E-state index is 13.7. The standard InChI is InChI=1S/C22H20F2N2O6S/c1-30-21(28)16-10-32-12-26(20(16)22(29)31-2)14-4-6-15(7-5-14)33-11-19(27)25-18-9-13(23)3-8-17(18)24/h3-9H,10-12H2,1-2H3,(H,25,27). The number of esters is 2. The average Bonchev–Trinajstić information content (AvgIpc) is 2.83.